The van der Waals surface area contributed by atoms with Gasteiger partial charge in [0, 0.05) is 65.4 Å². The number of aromatic nitrogens is 8. The van der Waals surface area contributed by atoms with Crippen molar-refractivity contribution >= 4 is 56.7 Å². The molecule has 0 aliphatic heterocycles. The number of nitrogens with zero attached hydrogens (tertiary/aromatic N) is 8. The number of hydrogen-bond acceptors (Lipinski definition) is 14. The molecule has 0 atom stereocenters. The summed E-state index contributed by atoms with van der Waals surface area (Å²) in [5.41, 5.74) is 1.15. The smallest absolute Gasteiger partial charge is 0.147 e. The first-order chi connectivity index (χ1) is 23.8. The maximum atomic E-state index is 4.93. The minimum Gasteiger partial charge on any atom is -0.377 e. The predicted octanol–water partition coefficient (Wildman–Crippen LogP) is 11.6. The van der Waals surface area contributed by atoms with Crippen LogP contribution < -0.4 is 0 Å². The van der Waals surface area contributed by atoms with Crippen molar-refractivity contribution in [1.82, 2.24) is 40.6 Å². The molecule has 9 nitrogen and oxygen atoms in total. The summed E-state index contributed by atoms with van der Waals surface area (Å²) in [6.07, 6.45) is 3.69. The van der Waals surface area contributed by atoms with Crippen LogP contribution in [-0.2, 0) is 11.3 Å². The lowest BCUT2D eigenvalue weighted by molar-refractivity contribution is 0.184. The Hall–Kier alpha value is -2.88. The normalized spacial score (nSPS) is 10.7. The average Bonchev–Trinajstić information content (AvgIpc) is 3.92. The topological polar surface area (TPSA) is 112 Å². The van der Waals surface area contributed by atoms with E-state index in [1.165, 1.54) is 10.0 Å². The van der Waals surface area contributed by atoms with E-state index in [9.17, 15) is 0 Å². The number of methoxy groups -OCH3 is 1. The van der Waals surface area contributed by atoms with Crippen LogP contribution in [0, 0.1) is 6.92 Å². The van der Waals surface area contributed by atoms with Crippen molar-refractivity contribution in [1.29, 1.82) is 0 Å². The maximum absolute atomic E-state index is 4.93. The van der Waals surface area contributed by atoms with Crippen LogP contribution in [0.1, 0.15) is 134 Å². The Balaban J connectivity index is 0.000000221. The molecule has 0 spiro atoms. The van der Waals surface area contributed by atoms with Crippen LogP contribution in [-0.4, -0.2) is 47.7 Å². The summed E-state index contributed by atoms with van der Waals surface area (Å²) >= 11 is 8.40. The summed E-state index contributed by atoms with van der Waals surface area (Å²) in [6.45, 7) is 23.9. The standard InChI is InChI=1S/C11H12N2S.C7H12N2OS.C6H10N2S.2C6H9NS/c1-8(2)10-12-13-11(14-10)9-6-4-3-5-7-9;1-5(2)7-9-8-6(11-7)4-10-3;1-4(2)6-8-7-5(3)9-6;2*1-5(2)6-7-3-4-8-6/h3-8H,1-2H3;5H,4H2,1-3H3;4H,1-3H3;2*3-5H,1-2H3. The van der Waals surface area contributed by atoms with Crippen LogP contribution in [0.3, 0.4) is 0 Å². The van der Waals surface area contributed by atoms with Gasteiger partial charge in [0.1, 0.15) is 30.0 Å². The highest BCUT2D eigenvalue weighted by atomic mass is 32.1. The van der Waals surface area contributed by atoms with Gasteiger partial charge >= 0.3 is 0 Å². The first kappa shape index (κ1) is 43.3. The SMILES string of the molecule is CC(C)c1nccs1.CC(C)c1nccs1.CC(C)c1nnc(-c2ccccc2)s1.COCc1nnc(C(C)C)s1.Cc1nnc(C(C)C)s1. The van der Waals surface area contributed by atoms with Crippen LogP contribution >= 0.6 is 56.7 Å². The van der Waals surface area contributed by atoms with E-state index in [0.29, 0.717) is 36.2 Å². The van der Waals surface area contributed by atoms with Gasteiger partial charge in [-0.1, -0.05) is 122 Å². The lowest BCUT2D eigenvalue weighted by Gasteiger charge is -1.94. The van der Waals surface area contributed by atoms with E-state index in [-0.39, 0.29) is 0 Å². The van der Waals surface area contributed by atoms with Gasteiger partial charge in [-0.2, -0.15) is 0 Å². The summed E-state index contributed by atoms with van der Waals surface area (Å²) in [5, 5.41) is 37.0. The van der Waals surface area contributed by atoms with E-state index in [2.05, 4.69) is 122 Å². The van der Waals surface area contributed by atoms with Gasteiger partial charge in [-0.25, -0.2) is 9.97 Å². The molecule has 0 bridgehead atoms. The van der Waals surface area contributed by atoms with Gasteiger partial charge in [-0.3, -0.25) is 0 Å². The molecule has 0 aliphatic rings. The van der Waals surface area contributed by atoms with Gasteiger partial charge in [-0.05, 0) is 6.92 Å². The Morgan fingerprint density at radius 2 is 1.00 bits per heavy atom. The molecule has 0 saturated carbocycles. The third-order valence-corrected chi connectivity index (χ3v) is 11.9. The molecule has 272 valence electrons. The number of benzene rings is 1. The second kappa shape index (κ2) is 23.6. The van der Waals surface area contributed by atoms with Gasteiger partial charge in [-0.15, -0.1) is 64.6 Å². The highest BCUT2D eigenvalue weighted by Gasteiger charge is 2.09. The summed E-state index contributed by atoms with van der Waals surface area (Å²) in [4.78, 5) is 8.27. The fraction of sp³-hybridized carbons (Fsp3) is 0.500. The minimum absolute atomic E-state index is 0.463. The molecule has 5 heterocycles. The quantitative estimate of drug-likeness (QED) is 0.149. The van der Waals surface area contributed by atoms with Crippen molar-refractivity contribution in [2.45, 2.75) is 112 Å². The molecule has 50 heavy (non-hydrogen) atoms. The Labute approximate surface area is 318 Å². The highest BCUT2D eigenvalue weighted by molar-refractivity contribution is 7.14. The van der Waals surface area contributed by atoms with Crippen LogP contribution in [0.4, 0.5) is 0 Å². The van der Waals surface area contributed by atoms with Crippen molar-refractivity contribution in [3.05, 3.63) is 88.5 Å². The Bertz CT molecular complexity index is 1640. The Kier molecular flexibility index (Phi) is 20.4. The van der Waals surface area contributed by atoms with E-state index in [1.807, 2.05) is 48.3 Å². The van der Waals surface area contributed by atoms with E-state index >= 15 is 0 Å². The molecule has 0 radical (unpaired) electrons. The molecule has 0 amide bonds. The van der Waals surface area contributed by atoms with Crippen LogP contribution in [0.5, 0.6) is 0 Å². The van der Waals surface area contributed by atoms with Gasteiger partial charge < -0.3 is 4.74 Å². The van der Waals surface area contributed by atoms with Crippen molar-refractivity contribution in [3.63, 3.8) is 0 Å². The van der Waals surface area contributed by atoms with E-state index in [4.69, 9.17) is 4.74 Å². The van der Waals surface area contributed by atoms with Crippen LogP contribution in [0.25, 0.3) is 10.6 Å². The monoisotopic (exact) mass is 772 g/mol. The zero-order valence-electron chi connectivity index (χ0n) is 31.3. The van der Waals surface area contributed by atoms with Gasteiger partial charge in [0.25, 0.3) is 0 Å². The zero-order chi connectivity index (χ0) is 37.1. The Morgan fingerprint density at radius 3 is 1.34 bits per heavy atom. The molecule has 5 aromatic heterocycles. The molecule has 6 rings (SSSR count). The molecule has 6 aromatic rings. The number of rotatable bonds is 8. The molecular formula is C36H52N8OS5. The fourth-order valence-electron chi connectivity index (χ4n) is 3.43. The highest BCUT2D eigenvalue weighted by Crippen LogP contribution is 2.27. The second-order valence-corrected chi connectivity index (χ2v) is 17.6. The number of hydrogen-bond donors (Lipinski definition) is 0. The summed E-state index contributed by atoms with van der Waals surface area (Å²) in [7, 11) is 1.66. The van der Waals surface area contributed by atoms with E-state index < -0.39 is 0 Å². The second-order valence-electron chi connectivity index (χ2n) is 12.5. The van der Waals surface area contributed by atoms with Crippen LogP contribution in [0.2, 0.25) is 0 Å². The lowest BCUT2D eigenvalue weighted by Crippen LogP contribution is -1.85. The third-order valence-electron chi connectivity index (χ3n) is 6.13. The lowest BCUT2D eigenvalue weighted by atomic mass is 10.2. The van der Waals surface area contributed by atoms with E-state index in [1.54, 1.807) is 63.8 Å². The molecule has 0 N–H and O–H groups in total. The summed E-state index contributed by atoms with van der Waals surface area (Å²) < 4.78 is 4.93. The number of aryl methyl sites for hydroxylation is 1. The predicted molar refractivity (Wildman–Crippen MR) is 215 cm³/mol. The molecule has 0 unspecified atom stereocenters. The molecular weight excluding hydrogens is 721 g/mol. The minimum atomic E-state index is 0.463. The maximum Gasteiger partial charge on any atom is 0.147 e. The largest absolute Gasteiger partial charge is 0.377 e. The van der Waals surface area contributed by atoms with Crippen molar-refractivity contribution in [2.24, 2.45) is 0 Å². The summed E-state index contributed by atoms with van der Waals surface area (Å²) in [6, 6.07) is 10.2. The molecule has 1 aromatic carbocycles. The Morgan fingerprint density at radius 1 is 0.540 bits per heavy atom. The van der Waals surface area contributed by atoms with Crippen molar-refractivity contribution in [3.8, 4) is 10.6 Å². The first-order valence-corrected chi connectivity index (χ1v) is 20.8. The number of thiazole rings is 2. The van der Waals surface area contributed by atoms with Crippen molar-refractivity contribution in [2.75, 3.05) is 7.11 Å². The molecule has 0 fully saturated rings. The van der Waals surface area contributed by atoms with Gasteiger partial charge in [0.2, 0.25) is 0 Å². The first-order valence-electron chi connectivity index (χ1n) is 16.6. The third kappa shape index (κ3) is 16.4. The molecule has 0 aliphatic carbocycles. The fourth-order valence-corrected chi connectivity index (χ4v) is 7.11. The molecule has 0 saturated heterocycles. The number of ether oxygens (including phenoxy) is 1. The van der Waals surface area contributed by atoms with Crippen LogP contribution in [0.15, 0.2) is 53.5 Å². The van der Waals surface area contributed by atoms with Crippen molar-refractivity contribution < 1.29 is 4.74 Å². The van der Waals surface area contributed by atoms with Gasteiger partial charge in [0.05, 0.1) is 16.6 Å². The molecule has 14 heteroatoms. The summed E-state index contributed by atoms with van der Waals surface area (Å²) in [5.74, 6) is 2.64. The van der Waals surface area contributed by atoms with E-state index in [0.717, 1.165) is 35.6 Å². The zero-order valence-corrected chi connectivity index (χ0v) is 35.4. The van der Waals surface area contributed by atoms with Gasteiger partial charge in [0.15, 0.2) is 0 Å². The average molecular weight is 773 g/mol.